The number of aliphatic carboxylic acids is 1. The van der Waals surface area contributed by atoms with Crippen molar-refractivity contribution in [2.75, 3.05) is 0 Å². The van der Waals surface area contributed by atoms with Crippen LogP contribution in [0.5, 0.6) is 0 Å². The highest BCUT2D eigenvalue weighted by molar-refractivity contribution is 5.84. The monoisotopic (exact) mass is 187 g/mol. The molecule has 0 fully saturated rings. The van der Waals surface area contributed by atoms with Gasteiger partial charge < -0.3 is 10.8 Å². The summed E-state index contributed by atoms with van der Waals surface area (Å²) >= 11 is 0. The highest BCUT2D eigenvalue weighted by Crippen LogP contribution is 2.17. The molecule has 0 spiro atoms. The summed E-state index contributed by atoms with van der Waals surface area (Å²) in [7, 11) is 0. The zero-order chi connectivity index (χ0) is 10.6. The molecule has 0 aromatic rings. The molecule has 0 rings (SSSR count). The number of carboxylic acids is 1. The van der Waals surface area contributed by atoms with E-state index in [1.54, 1.807) is 0 Å². The van der Waals surface area contributed by atoms with Crippen molar-refractivity contribution in [2.24, 2.45) is 11.1 Å². The van der Waals surface area contributed by atoms with Crippen LogP contribution in [0.25, 0.3) is 0 Å². The van der Waals surface area contributed by atoms with Gasteiger partial charge in [0.2, 0.25) is 0 Å². The fraction of sp³-hybridized carbons (Fsp3) is 0.778. The fourth-order valence-corrected chi connectivity index (χ4v) is 0.785. The zero-order valence-corrected chi connectivity index (χ0v) is 8.33. The van der Waals surface area contributed by atoms with E-state index in [4.69, 9.17) is 10.8 Å². The van der Waals surface area contributed by atoms with Crippen LogP contribution in [0, 0.1) is 5.41 Å². The quantitative estimate of drug-likeness (QED) is 0.682. The maximum absolute atomic E-state index is 11.3. The van der Waals surface area contributed by atoms with Gasteiger partial charge >= 0.3 is 5.97 Å². The van der Waals surface area contributed by atoms with Crippen molar-refractivity contribution in [1.29, 1.82) is 0 Å². The first kappa shape index (κ1) is 12.1. The second-order valence-corrected chi connectivity index (χ2v) is 4.16. The number of carboxylic acid groups (broad SMARTS) is 1. The molecule has 0 bridgehead atoms. The number of carbonyl (C=O) groups excluding carboxylic acids is 1. The molecule has 1 unspecified atom stereocenters. The van der Waals surface area contributed by atoms with Crippen molar-refractivity contribution in [1.82, 2.24) is 0 Å². The van der Waals surface area contributed by atoms with E-state index in [0.717, 1.165) is 0 Å². The summed E-state index contributed by atoms with van der Waals surface area (Å²) in [6.45, 7) is 5.42. The van der Waals surface area contributed by atoms with E-state index in [2.05, 4.69) is 0 Å². The predicted molar refractivity (Wildman–Crippen MR) is 49.3 cm³/mol. The smallest absolute Gasteiger partial charge is 0.320 e. The third-order valence-electron chi connectivity index (χ3n) is 1.84. The molecule has 0 aromatic heterocycles. The van der Waals surface area contributed by atoms with Gasteiger partial charge in [-0.3, -0.25) is 9.59 Å². The third-order valence-corrected chi connectivity index (χ3v) is 1.84. The van der Waals surface area contributed by atoms with Gasteiger partial charge in [0, 0.05) is 11.8 Å². The van der Waals surface area contributed by atoms with Crippen LogP contribution >= 0.6 is 0 Å². The summed E-state index contributed by atoms with van der Waals surface area (Å²) in [4.78, 5) is 21.7. The summed E-state index contributed by atoms with van der Waals surface area (Å²) in [5, 5.41) is 8.46. The number of hydrogen-bond acceptors (Lipinski definition) is 3. The molecule has 0 radical (unpaired) electrons. The number of carbonyl (C=O) groups is 2. The number of nitrogens with two attached hydrogens (primary N) is 1. The molecule has 0 amide bonds. The molecular formula is C9H17NO3. The lowest BCUT2D eigenvalue weighted by Gasteiger charge is -2.16. The van der Waals surface area contributed by atoms with E-state index >= 15 is 0 Å². The Hall–Kier alpha value is -0.900. The molecule has 1 atom stereocenters. The van der Waals surface area contributed by atoms with Gasteiger partial charge in [0.15, 0.2) is 0 Å². The zero-order valence-electron chi connectivity index (χ0n) is 8.33. The van der Waals surface area contributed by atoms with Crippen LogP contribution in [0.1, 0.15) is 33.6 Å². The molecule has 0 heterocycles. The topological polar surface area (TPSA) is 80.4 Å². The average Bonchev–Trinajstić information content (AvgIpc) is 1.97. The molecule has 0 saturated carbocycles. The van der Waals surface area contributed by atoms with E-state index < -0.39 is 17.4 Å². The first-order valence-electron chi connectivity index (χ1n) is 4.27. The van der Waals surface area contributed by atoms with Crippen LogP contribution in [-0.4, -0.2) is 22.9 Å². The minimum atomic E-state index is -1.05. The van der Waals surface area contributed by atoms with Gasteiger partial charge in [-0.05, 0) is 6.42 Å². The molecule has 4 heteroatoms. The number of Topliss-reactive ketones (excluding diaryl/α,β-unsaturated/α-hetero) is 1. The van der Waals surface area contributed by atoms with Crippen molar-refractivity contribution in [3.63, 3.8) is 0 Å². The second-order valence-electron chi connectivity index (χ2n) is 4.16. The largest absolute Gasteiger partial charge is 0.480 e. The normalized spacial score (nSPS) is 13.8. The average molecular weight is 187 g/mol. The Bertz CT molecular complexity index is 205. The van der Waals surface area contributed by atoms with Crippen LogP contribution in [0.15, 0.2) is 0 Å². The standard InChI is InChI=1S/C9H17NO3/c1-9(2,3)7(11)5-4-6(10)8(12)13/h6H,4-5,10H2,1-3H3,(H,12,13). The Morgan fingerprint density at radius 1 is 1.38 bits per heavy atom. The molecule has 0 aliphatic heterocycles. The molecule has 0 aromatic carbocycles. The number of rotatable bonds is 4. The van der Waals surface area contributed by atoms with E-state index in [-0.39, 0.29) is 18.6 Å². The first-order chi connectivity index (χ1) is 5.75. The van der Waals surface area contributed by atoms with E-state index in [1.165, 1.54) is 0 Å². The van der Waals surface area contributed by atoms with Gasteiger partial charge in [-0.25, -0.2) is 0 Å². The lowest BCUT2D eigenvalue weighted by atomic mass is 9.87. The predicted octanol–water partition coefficient (Wildman–Crippen LogP) is 0.794. The van der Waals surface area contributed by atoms with Crippen molar-refractivity contribution in [3.05, 3.63) is 0 Å². The summed E-state index contributed by atoms with van der Waals surface area (Å²) < 4.78 is 0. The summed E-state index contributed by atoms with van der Waals surface area (Å²) in [6, 6.07) is -0.925. The maximum atomic E-state index is 11.3. The Balaban J connectivity index is 3.91. The Kier molecular flexibility index (Phi) is 4.07. The van der Waals surface area contributed by atoms with Gasteiger partial charge in [0.1, 0.15) is 11.8 Å². The van der Waals surface area contributed by atoms with Gasteiger partial charge in [-0.15, -0.1) is 0 Å². The van der Waals surface area contributed by atoms with Crippen LogP contribution < -0.4 is 5.73 Å². The van der Waals surface area contributed by atoms with Crippen molar-refractivity contribution in [2.45, 2.75) is 39.7 Å². The van der Waals surface area contributed by atoms with Crippen LogP contribution in [0.3, 0.4) is 0 Å². The van der Waals surface area contributed by atoms with Crippen LogP contribution in [-0.2, 0) is 9.59 Å². The molecule has 76 valence electrons. The summed E-state index contributed by atoms with van der Waals surface area (Å²) in [5.41, 5.74) is 4.85. The Morgan fingerprint density at radius 2 is 1.85 bits per heavy atom. The lowest BCUT2D eigenvalue weighted by molar-refractivity contribution is -0.138. The van der Waals surface area contributed by atoms with Crippen molar-refractivity contribution < 1.29 is 14.7 Å². The molecule has 4 nitrogen and oxygen atoms in total. The third kappa shape index (κ3) is 4.62. The summed E-state index contributed by atoms with van der Waals surface area (Å²) in [6.07, 6.45) is 0.447. The second kappa shape index (κ2) is 4.37. The summed E-state index contributed by atoms with van der Waals surface area (Å²) in [5.74, 6) is -1.01. The SMILES string of the molecule is CC(C)(C)C(=O)CCC(N)C(=O)O. The van der Waals surface area contributed by atoms with Crippen molar-refractivity contribution in [3.8, 4) is 0 Å². The molecule has 0 aliphatic rings. The molecular weight excluding hydrogens is 170 g/mol. The molecule has 0 aliphatic carbocycles. The minimum Gasteiger partial charge on any atom is -0.480 e. The van der Waals surface area contributed by atoms with Crippen molar-refractivity contribution >= 4 is 11.8 Å². The molecule has 0 saturated heterocycles. The van der Waals surface area contributed by atoms with Gasteiger partial charge in [-0.1, -0.05) is 20.8 Å². The minimum absolute atomic E-state index is 0.0456. The van der Waals surface area contributed by atoms with E-state index in [1.807, 2.05) is 20.8 Å². The van der Waals surface area contributed by atoms with E-state index in [9.17, 15) is 9.59 Å². The number of ketones is 1. The number of hydrogen-bond donors (Lipinski definition) is 2. The first-order valence-corrected chi connectivity index (χ1v) is 4.27. The van der Waals surface area contributed by atoms with Crippen LogP contribution in [0.4, 0.5) is 0 Å². The van der Waals surface area contributed by atoms with E-state index in [0.29, 0.717) is 0 Å². The molecule has 3 N–H and O–H groups in total. The van der Waals surface area contributed by atoms with Gasteiger partial charge in [0.05, 0.1) is 0 Å². The Labute approximate surface area is 78.1 Å². The maximum Gasteiger partial charge on any atom is 0.320 e. The van der Waals surface area contributed by atoms with Gasteiger partial charge in [-0.2, -0.15) is 0 Å². The molecule has 13 heavy (non-hydrogen) atoms. The van der Waals surface area contributed by atoms with Gasteiger partial charge in [0.25, 0.3) is 0 Å². The highest BCUT2D eigenvalue weighted by Gasteiger charge is 2.22. The Morgan fingerprint density at radius 3 is 2.15 bits per heavy atom. The van der Waals surface area contributed by atoms with Crippen LogP contribution in [0.2, 0.25) is 0 Å². The highest BCUT2D eigenvalue weighted by atomic mass is 16.4. The lowest BCUT2D eigenvalue weighted by Crippen LogP contribution is -2.32. The fourth-order valence-electron chi connectivity index (χ4n) is 0.785.